The second kappa shape index (κ2) is 7.10. The van der Waals surface area contributed by atoms with E-state index in [0.29, 0.717) is 5.92 Å². The molecule has 0 saturated heterocycles. The SMILES string of the molecule is CC(C)COc1cccc(CNCc2ccnn2C)c1. The fourth-order valence-electron chi connectivity index (χ4n) is 1.92. The largest absolute Gasteiger partial charge is 0.493 e. The van der Waals surface area contributed by atoms with E-state index in [0.717, 1.165) is 25.4 Å². The highest BCUT2D eigenvalue weighted by atomic mass is 16.5. The zero-order chi connectivity index (χ0) is 14.4. The van der Waals surface area contributed by atoms with Crippen LogP contribution in [0.1, 0.15) is 25.1 Å². The van der Waals surface area contributed by atoms with Crippen molar-refractivity contribution in [2.45, 2.75) is 26.9 Å². The Bertz CT molecular complexity index is 534. The first-order valence-electron chi connectivity index (χ1n) is 7.04. The van der Waals surface area contributed by atoms with Crippen molar-refractivity contribution >= 4 is 0 Å². The number of rotatable bonds is 7. The molecule has 0 radical (unpaired) electrons. The molecule has 1 aromatic carbocycles. The molecular formula is C16H23N3O. The summed E-state index contributed by atoms with van der Waals surface area (Å²) in [7, 11) is 1.96. The summed E-state index contributed by atoms with van der Waals surface area (Å²) in [4.78, 5) is 0. The summed E-state index contributed by atoms with van der Waals surface area (Å²) in [6.07, 6.45) is 1.82. The van der Waals surface area contributed by atoms with E-state index in [9.17, 15) is 0 Å². The van der Waals surface area contributed by atoms with Gasteiger partial charge < -0.3 is 10.1 Å². The van der Waals surface area contributed by atoms with Crippen LogP contribution in [0.15, 0.2) is 36.5 Å². The fraction of sp³-hybridized carbons (Fsp3) is 0.438. The van der Waals surface area contributed by atoms with Gasteiger partial charge in [0.15, 0.2) is 0 Å². The lowest BCUT2D eigenvalue weighted by Gasteiger charge is -2.10. The predicted octanol–water partition coefficient (Wildman–Crippen LogP) is 2.74. The van der Waals surface area contributed by atoms with Gasteiger partial charge in [0.2, 0.25) is 0 Å². The van der Waals surface area contributed by atoms with Crippen molar-refractivity contribution < 1.29 is 4.74 Å². The average molecular weight is 273 g/mol. The molecule has 20 heavy (non-hydrogen) atoms. The average Bonchev–Trinajstić information content (AvgIpc) is 2.83. The lowest BCUT2D eigenvalue weighted by Crippen LogP contribution is -2.15. The molecular weight excluding hydrogens is 250 g/mol. The Labute approximate surface area is 120 Å². The molecule has 4 nitrogen and oxygen atoms in total. The fourth-order valence-corrected chi connectivity index (χ4v) is 1.92. The molecule has 0 spiro atoms. The van der Waals surface area contributed by atoms with Crippen LogP contribution in [0.25, 0.3) is 0 Å². The highest BCUT2D eigenvalue weighted by Gasteiger charge is 2.01. The van der Waals surface area contributed by atoms with Gasteiger partial charge in [0, 0.05) is 26.3 Å². The molecule has 0 aliphatic rings. The molecule has 108 valence electrons. The van der Waals surface area contributed by atoms with Crippen molar-refractivity contribution in [1.82, 2.24) is 15.1 Å². The molecule has 0 aliphatic heterocycles. The maximum atomic E-state index is 5.74. The first-order chi connectivity index (χ1) is 9.65. The predicted molar refractivity (Wildman–Crippen MR) is 80.5 cm³/mol. The Morgan fingerprint density at radius 3 is 2.80 bits per heavy atom. The summed E-state index contributed by atoms with van der Waals surface area (Å²) in [5.74, 6) is 1.49. The van der Waals surface area contributed by atoms with Crippen LogP contribution in [-0.4, -0.2) is 16.4 Å². The quantitative estimate of drug-likeness (QED) is 0.843. The van der Waals surface area contributed by atoms with Gasteiger partial charge in [-0.2, -0.15) is 5.10 Å². The summed E-state index contributed by atoms with van der Waals surface area (Å²) >= 11 is 0. The van der Waals surface area contributed by atoms with Gasteiger partial charge in [0.05, 0.1) is 12.3 Å². The molecule has 4 heteroatoms. The number of nitrogens with zero attached hydrogens (tertiary/aromatic N) is 2. The molecule has 0 aliphatic carbocycles. The number of aryl methyl sites for hydroxylation is 1. The Morgan fingerprint density at radius 1 is 1.25 bits per heavy atom. The Morgan fingerprint density at radius 2 is 2.10 bits per heavy atom. The highest BCUT2D eigenvalue weighted by Crippen LogP contribution is 2.14. The number of nitrogens with one attached hydrogen (secondary N) is 1. The van der Waals surface area contributed by atoms with Gasteiger partial charge in [-0.05, 0) is 29.7 Å². The van der Waals surface area contributed by atoms with E-state index >= 15 is 0 Å². The van der Waals surface area contributed by atoms with E-state index in [1.54, 1.807) is 0 Å². The van der Waals surface area contributed by atoms with Crippen LogP contribution >= 0.6 is 0 Å². The van der Waals surface area contributed by atoms with Crippen molar-refractivity contribution in [3.8, 4) is 5.75 Å². The summed E-state index contributed by atoms with van der Waals surface area (Å²) in [6.45, 7) is 6.70. The number of hydrogen-bond acceptors (Lipinski definition) is 3. The summed E-state index contributed by atoms with van der Waals surface area (Å²) in [5.41, 5.74) is 2.41. The van der Waals surface area contributed by atoms with Gasteiger partial charge in [0.25, 0.3) is 0 Å². The third-order valence-corrected chi connectivity index (χ3v) is 3.04. The molecule has 0 amide bonds. The van der Waals surface area contributed by atoms with Crippen molar-refractivity contribution in [3.05, 3.63) is 47.8 Å². The Hall–Kier alpha value is -1.81. The zero-order valence-electron chi connectivity index (χ0n) is 12.5. The number of aromatic nitrogens is 2. The summed E-state index contributed by atoms with van der Waals surface area (Å²) in [6, 6.07) is 10.3. The van der Waals surface area contributed by atoms with Gasteiger partial charge in [-0.1, -0.05) is 26.0 Å². The zero-order valence-corrected chi connectivity index (χ0v) is 12.5. The van der Waals surface area contributed by atoms with E-state index in [1.165, 1.54) is 11.3 Å². The van der Waals surface area contributed by atoms with Gasteiger partial charge in [0.1, 0.15) is 5.75 Å². The second-order valence-corrected chi connectivity index (χ2v) is 5.40. The van der Waals surface area contributed by atoms with Crippen molar-refractivity contribution in [2.24, 2.45) is 13.0 Å². The van der Waals surface area contributed by atoms with Gasteiger partial charge in [-0.25, -0.2) is 0 Å². The van der Waals surface area contributed by atoms with Crippen molar-refractivity contribution in [2.75, 3.05) is 6.61 Å². The van der Waals surface area contributed by atoms with Gasteiger partial charge >= 0.3 is 0 Å². The topological polar surface area (TPSA) is 39.1 Å². The third-order valence-electron chi connectivity index (χ3n) is 3.04. The molecule has 1 N–H and O–H groups in total. The highest BCUT2D eigenvalue weighted by molar-refractivity contribution is 5.28. The van der Waals surface area contributed by atoms with Crippen LogP contribution in [0.4, 0.5) is 0 Å². The third kappa shape index (κ3) is 4.38. The first kappa shape index (κ1) is 14.6. The normalized spacial score (nSPS) is 11.0. The molecule has 0 bridgehead atoms. The molecule has 0 fully saturated rings. The summed E-state index contributed by atoms with van der Waals surface area (Å²) < 4.78 is 7.62. The second-order valence-electron chi connectivity index (χ2n) is 5.40. The van der Waals surface area contributed by atoms with E-state index in [-0.39, 0.29) is 0 Å². The van der Waals surface area contributed by atoms with Crippen LogP contribution in [0.5, 0.6) is 5.75 Å². The molecule has 1 aromatic heterocycles. The maximum absolute atomic E-state index is 5.74. The standard InChI is InChI=1S/C16H23N3O/c1-13(2)12-20-16-6-4-5-14(9-16)10-17-11-15-7-8-18-19(15)3/h4-9,13,17H,10-12H2,1-3H3. The van der Waals surface area contributed by atoms with Crippen LogP contribution in [0, 0.1) is 5.92 Å². The van der Waals surface area contributed by atoms with Crippen LogP contribution in [-0.2, 0) is 20.1 Å². The van der Waals surface area contributed by atoms with Crippen LogP contribution in [0.3, 0.4) is 0 Å². The minimum Gasteiger partial charge on any atom is -0.493 e. The summed E-state index contributed by atoms with van der Waals surface area (Å²) in [5, 5.41) is 7.57. The molecule has 0 saturated carbocycles. The van der Waals surface area contributed by atoms with Crippen LogP contribution < -0.4 is 10.1 Å². The Kier molecular flexibility index (Phi) is 5.18. The number of hydrogen-bond donors (Lipinski definition) is 1. The van der Waals surface area contributed by atoms with Crippen molar-refractivity contribution in [3.63, 3.8) is 0 Å². The molecule has 1 heterocycles. The Balaban J connectivity index is 1.83. The monoisotopic (exact) mass is 273 g/mol. The van der Waals surface area contributed by atoms with E-state index in [4.69, 9.17) is 4.74 Å². The molecule has 2 aromatic rings. The maximum Gasteiger partial charge on any atom is 0.119 e. The van der Waals surface area contributed by atoms with Gasteiger partial charge in [-0.15, -0.1) is 0 Å². The van der Waals surface area contributed by atoms with Crippen LogP contribution in [0.2, 0.25) is 0 Å². The lowest BCUT2D eigenvalue weighted by atomic mass is 10.2. The van der Waals surface area contributed by atoms with E-state index in [1.807, 2.05) is 36.1 Å². The smallest absolute Gasteiger partial charge is 0.119 e. The molecule has 0 unspecified atom stereocenters. The van der Waals surface area contributed by atoms with Gasteiger partial charge in [-0.3, -0.25) is 4.68 Å². The van der Waals surface area contributed by atoms with Crippen molar-refractivity contribution in [1.29, 1.82) is 0 Å². The minimum absolute atomic E-state index is 0.543. The van der Waals surface area contributed by atoms with E-state index in [2.05, 4.69) is 36.4 Å². The number of ether oxygens (including phenoxy) is 1. The van der Waals surface area contributed by atoms with E-state index < -0.39 is 0 Å². The molecule has 0 atom stereocenters. The first-order valence-corrected chi connectivity index (χ1v) is 7.04. The molecule has 2 rings (SSSR count). The number of benzene rings is 1. The minimum atomic E-state index is 0.543. The lowest BCUT2D eigenvalue weighted by molar-refractivity contribution is 0.271.